The number of fused-ring (bicyclic) bond motifs is 6. The molecule has 6 aliphatic rings. The lowest BCUT2D eigenvalue weighted by atomic mass is 9.92. The molecule has 0 aliphatic carbocycles. The second-order valence-electron chi connectivity index (χ2n) is 25.8. The van der Waals surface area contributed by atoms with E-state index in [-0.39, 0.29) is 93.9 Å². The summed E-state index contributed by atoms with van der Waals surface area (Å²) in [5, 5.41) is 54.8. The largest absolute Gasteiger partial charge is 0.475 e. The second-order valence-corrected chi connectivity index (χ2v) is 30.6. The van der Waals surface area contributed by atoms with E-state index in [4.69, 9.17) is 78.6 Å². The zero-order valence-corrected chi connectivity index (χ0v) is 64.0. The molecule has 9 aromatic rings. The molecule has 38 nitrogen and oxygen atoms in total. The number of methoxy groups -OCH3 is 2. The molecule has 41 heteroatoms. The zero-order valence-electron chi connectivity index (χ0n) is 61.3. The average Bonchev–Trinajstić information content (AvgIpc) is 1.59. The Balaban J connectivity index is 0.000000158. The van der Waals surface area contributed by atoms with Gasteiger partial charge < -0.3 is 43.0 Å². The summed E-state index contributed by atoms with van der Waals surface area (Å²) in [5.41, 5.74) is 0.994. The maximum absolute atomic E-state index is 13.6. The van der Waals surface area contributed by atoms with E-state index >= 15 is 0 Å². The number of nitrogens with zero attached hydrogens (tertiary/aromatic N) is 12. The van der Waals surface area contributed by atoms with Crippen molar-refractivity contribution >= 4 is 69.9 Å². The van der Waals surface area contributed by atoms with Crippen LogP contribution in [0.2, 0.25) is 0 Å². The molecule has 114 heavy (non-hydrogen) atoms. The fraction of sp³-hybridized carbons (Fsp3) is 0.397. The van der Waals surface area contributed by atoms with Gasteiger partial charge in [0.2, 0.25) is 16.8 Å². The van der Waals surface area contributed by atoms with E-state index < -0.39 is 125 Å². The minimum atomic E-state index is -4.27. The van der Waals surface area contributed by atoms with Crippen LogP contribution in [0.1, 0.15) is 117 Å². The van der Waals surface area contributed by atoms with E-state index in [1.165, 1.54) is 59.7 Å². The van der Waals surface area contributed by atoms with E-state index in [0.717, 1.165) is 0 Å². The summed E-state index contributed by atoms with van der Waals surface area (Å²) >= 11 is 0. The van der Waals surface area contributed by atoms with E-state index in [0.29, 0.717) is 50.3 Å². The van der Waals surface area contributed by atoms with Gasteiger partial charge in [0.05, 0.1) is 128 Å². The summed E-state index contributed by atoms with van der Waals surface area (Å²) in [6, 6.07) is 35.8. The zero-order chi connectivity index (χ0) is 80.4. The van der Waals surface area contributed by atoms with Gasteiger partial charge in [-0.25, -0.2) is 56.6 Å². The van der Waals surface area contributed by atoms with Crippen LogP contribution in [0.5, 0.6) is 0 Å². The number of aryl methyl sites for hydroxylation is 3. The SMILES string of the molecule is C.CCOC(=O)c1ccccc1COP1(=O)OC[C@H]2O[C@@](C#N)(c3ccc4c(C)ncnn34)[C@H](OC(=O)CC)[C@@H]2O1.COC(=O)c1ccccc1COP1(=O)OC[C@H]2O[C@@](C#N)(c3ccc4c(C)ncnn34)[C@H](O)[C@@H]2O1.COC(=O)c1ccccc1COP1(=O)OC[C@H]2O[C@@](C#N)(c3ccc4c(C)ncnn34)[C@H](OC(C)=O)[C@@H]2O1. The van der Waals surface area contributed by atoms with E-state index in [1.807, 2.05) is 6.07 Å². The molecule has 0 bridgehead atoms. The number of hydrogen-bond donors (Lipinski definition) is 1. The van der Waals surface area contributed by atoms with Crippen LogP contribution in [0.3, 0.4) is 0 Å². The number of ether oxygens (including phenoxy) is 8. The number of phosphoric acid groups is 3. The van der Waals surface area contributed by atoms with E-state index in [9.17, 15) is 58.6 Å². The summed E-state index contributed by atoms with van der Waals surface area (Å²) in [7, 11) is -10.2. The van der Waals surface area contributed by atoms with Gasteiger partial charge in [-0.15, -0.1) is 0 Å². The molecule has 12 heterocycles. The van der Waals surface area contributed by atoms with Crippen LogP contribution < -0.4 is 0 Å². The molecule has 0 radical (unpaired) electrons. The molecule has 6 aliphatic heterocycles. The molecule has 6 saturated heterocycles. The van der Waals surface area contributed by atoms with Gasteiger partial charge in [0.25, 0.3) is 0 Å². The van der Waals surface area contributed by atoms with Crippen LogP contribution in [0.25, 0.3) is 16.6 Å². The monoisotopic (exact) mass is 1630 g/mol. The van der Waals surface area contributed by atoms with Crippen molar-refractivity contribution in [2.45, 2.75) is 147 Å². The fourth-order valence-electron chi connectivity index (χ4n) is 13.6. The van der Waals surface area contributed by atoms with Crippen molar-refractivity contribution in [1.82, 2.24) is 43.8 Å². The van der Waals surface area contributed by atoms with Crippen molar-refractivity contribution in [2.75, 3.05) is 40.6 Å². The van der Waals surface area contributed by atoms with Gasteiger partial charge in [-0.05, 0) is 99.0 Å². The van der Waals surface area contributed by atoms with Crippen molar-refractivity contribution in [1.29, 1.82) is 15.8 Å². The number of carbonyl (C=O) groups excluding carboxylic acids is 5. The third kappa shape index (κ3) is 15.7. The van der Waals surface area contributed by atoms with Crippen LogP contribution in [-0.2, 0) is 139 Å². The van der Waals surface area contributed by atoms with Gasteiger partial charge in [-0.1, -0.05) is 68.9 Å². The number of carbonyl (C=O) groups is 5. The lowest BCUT2D eigenvalue weighted by molar-refractivity contribution is -0.159. The molecule has 0 amide bonds. The first-order valence-corrected chi connectivity index (χ1v) is 39.2. The Kier molecular flexibility index (Phi) is 24.7. The molecule has 0 spiro atoms. The minimum Gasteiger partial charge on any atom is -0.465 e. The first-order valence-electron chi connectivity index (χ1n) is 34.8. The highest BCUT2D eigenvalue weighted by Gasteiger charge is 2.67. The number of aliphatic hydroxyl groups is 1. The van der Waals surface area contributed by atoms with Crippen LogP contribution in [0.15, 0.2) is 128 Å². The second kappa shape index (κ2) is 33.9. The molecule has 598 valence electrons. The Hall–Kier alpha value is -10.5. The summed E-state index contributed by atoms with van der Waals surface area (Å²) in [6.45, 7) is 8.32. The Morgan fingerprint density at radius 2 is 0.851 bits per heavy atom. The van der Waals surface area contributed by atoms with Gasteiger partial charge in [0.1, 0.15) is 79.9 Å². The summed E-state index contributed by atoms with van der Waals surface area (Å²) in [6.07, 6.45) is -6.50. The van der Waals surface area contributed by atoms with Gasteiger partial charge in [0.15, 0.2) is 12.2 Å². The van der Waals surface area contributed by atoms with E-state index in [2.05, 4.69) is 42.4 Å². The molecule has 15 atom stereocenters. The van der Waals surface area contributed by atoms with Gasteiger partial charge in [0, 0.05) is 13.3 Å². The van der Waals surface area contributed by atoms with Crippen molar-refractivity contribution in [3.63, 3.8) is 0 Å². The Bertz CT molecular complexity index is 5470. The Morgan fingerprint density at radius 3 is 1.21 bits per heavy atom. The maximum atomic E-state index is 13.6. The predicted molar refractivity (Wildman–Crippen MR) is 386 cm³/mol. The molecule has 15 rings (SSSR count). The van der Waals surface area contributed by atoms with E-state index in [1.54, 1.807) is 138 Å². The number of hydrogen-bond acceptors (Lipinski definition) is 35. The van der Waals surface area contributed by atoms with Gasteiger partial charge >= 0.3 is 53.3 Å². The average molecular weight is 1630 g/mol. The molecule has 6 aromatic heterocycles. The van der Waals surface area contributed by atoms with Crippen molar-refractivity contribution in [2.24, 2.45) is 0 Å². The molecule has 6 fully saturated rings. The predicted octanol–water partition coefficient (Wildman–Crippen LogP) is 8.69. The van der Waals surface area contributed by atoms with Crippen molar-refractivity contribution in [3.8, 4) is 18.2 Å². The number of phosphoric ester groups is 3. The highest BCUT2D eigenvalue weighted by atomic mass is 31.2. The lowest BCUT2D eigenvalue weighted by Crippen LogP contribution is -2.46. The highest BCUT2D eigenvalue weighted by Crippen LogP contribution is 2.62. The number of nitriles is 3. The summed E-state index contributed by atoms with van der Waals surface area (Å²) in [4.78, 5) is 73.5. The molecule has 3 unspecified atom stereocenters. The summed E-state index contributed by atoms with van der Waals surface area (Å²) < 4.78 is 139. The molecular weight excluding hydrogens is 1550 g/mol. The normalized spacial score (nSPS) is 28.4. The van der Waals surface area contributed by atoms with Crippen molar-refractivity contribution < 1.29 is 121 Å². The first-order chi connectivity index (χ1) is 54.3. The van der Waals surface area contributed by atoms with Crippen LogP contribution in [0, 0.1) is 54.8 Å². The number of esters is 5. The third-order valence-electron chi connectivity index (χ3n) is 19.1. The topological polar surface area (TPSA) is 476 Å². The smallest absolute Gasteiger partial charge is 0.465 e. The molecular formula is C73H75N12O26P3. The number of benzene rings is 3. The van der Waals surface area contributed by atoms with Crippen LogP contribution in [-0.4, -0.2) is 174 Å². The number of aliphatic hydroxyl groups excluding tert-OH is 1. The number of rotatable bonds is 19. The maximum Gasteiger partial charge on any atom is 0.475 e. The van der Waals surface area contributed by atoms with Crippen LogP contribution in [0.4, 0.5) is 0 Å². The first kappa shape index (κ1) is 83.0. The minimum absolute atomic E-state index is 0. The highest BCUT2D eigenvalue weighted by molar-refractivity contribution is 7.49. The molecule has 3 aromatic carbocycles. The summed E-state index contributed by atoms with van der Waals surface area (Å²) in [5.74, 6) is -3.05. The third-order valence-corrected chi connectivity index (χ3v) is 23.3. The Labute approximate surface area is 649 Å². The van der Waals surface area contributed by atoms with Gasteiger partial charge in [-0.3, -0.25) is 50.3 Å². The lowest BCUT2D eigenvalue weighted by Gasteiger charge is -2.32. The standard InChI is InChI=1S/C26H27N4O9P.C24H23N4O9P.C22H21N4O8P.CH4/c1-4-22(31)37-24-23-20(38-26(24,14-27)21-11-10-19-16(3)28-15-29-30(19)21)13-36-40(33,39-23)35-12-17-8-6-7-9-18(17)25(32)34-5-2;1-14-18-8-9-20(28(18)27-13-26-14)24(12-25)22(35-15(2)29)21-19(36-24)11-34-38(31,37-21)33-10-16-6-4-5-7-17(16)23(30)32-3;1-13-16-7-8-18(26(16)25-12-24-13)22(11-23)20(27)19-17(33-22)10-32-35(29,34-19)31-9-14-5-3-4-6-15(14)21(28)30-2;/h6-11,15,20,23-24H,4-5,12-13H2,1-3H3;4-9,13,19,21-22H,10-11H2,1-3H3;3-8,12,17,19-20,27H,9-10H2,1-2H3;1H4/t20-,23-,24-,26+,40?;19-,21-,22-,24+,38?;17-,19-,20-,22+,35?;/m111./s1. The Morgan fingerprint density at radius 1 is 0.509 bits per heavy atom. The van der Waals surface area contributed by atoms with Gasteiger partial charge in [-0.2, -0.15) is 31.1 Å². The molecule has 0 saturated carbocycles. The molecule has 1 N–H and O–H groups in total. The number of aromatic nitrogens is 9. The van der Waals surface area contributed by atoms with Crippen molar-refractivity contribution in [3.05, 3.63) is 196 Å². The van der Waals surface area contributed by atoms with Crippen LogP contribution >= 0.6 is 23.5 Å². The fourth-order valence-corrected chi connectivity index (χ4v) is 17.7. The quantitative estimate of drug-likeness (QED) is 0.0449.